The molecule has 6 heteroatoms. The molecule has 0 saturated heterocycles. The maximum Gasteiger partial charge on any atom is 0.266 e. The molecule has 0 unspecified atom stereocenters. The van der Waals surface area contributed by atoms with E-state index in [4.69, 9.17) is 10.8 Å². The molecule has 2 aromatic heterocycles. The summed E-state index contributed by atoms with van der Waals surface area (Å²) in [5, 5.41) is 9.84. The normalized spacial score (nSPS) is 10.6. The molecule has 0 aromatic carbocycles. The molecule has 0 fully saturated rings. The summed E-state index contributed by atoms with van der Waals surface area (Å²) in [7, 11) is 0. The van der Waals surface area contributed by atoms with Crippen LogP contribution in [0.4, 0.5) is 5.69 Å². The second kappa shape index (κ2) is 5.81. The zero-order valence-electron chi connectivity index (χ0n) is 10.4. The fraction of sp³-hybridized carbons (Fsp3) is 0.231. The number of fused-ring (bicyclic) bond motifs is 1. The number of carbonyl (C=O) groups is 1. The van der Waals surface area contributed by atoms with Crippen LogP contribution in [-0.2, 0) is 0 Å². The van der Waals surface area contributed by atoms with Gasteiger partial charge in [0.1, 0.15) is 4.88 Å². The number of pyridine rings is 1. The molecule has 2 aromatic rings. The van der Waals surface area contributed by atoms with Crippen molar-refractivity contribution in [3.63, 3.8) is 0 Å². The predicted molar refractivity (Wildman–Crippen MR) is 77.2 cm³/mol. The number of aliphatic hydroxyl groups excluding tert-OH is 1. The molecular weight excluding hydrogens is 262 g/mol. The average Bonchev–Trinajstić information content (AvgIpc) is 2.76. The van der Waals surface area contributed by atoms with E-state index in [9.17, 15) is 4.79 Å². The quantitative estimate of drug-likeness (QED) is 0.812. The highest BCUT2D eigenvalue weighted by atomic mass is 32.1. The molecule has 2 rings (SSSR count). The fourth-order valence-corrected chi connectivity index (χ4v) is 2.88. The van der Waals surface area contributed by atoms with Crippen molar-refractivity contribution in [2.75, 3.05) is 25.4 Å². The molecule has 100 valence electrons. The third-order valence-corrected chi connectivity index (χ3v) is 3.88. The number of anilines is 1. The molecular formula is C13H15N3O2S. The smallest absolute Gasteiger partial charge is 0.266 e. The van der Waals surface area contributed by atoms with Crippen molar-refractivity contribution in [3.8, 4) is 0 Å². The summed E-state index contributed by atoms with van der Waals surface area (Å²) >= 11 is 1.32. The van der Waals surface area contributed by atoms with E-state index in [1.807, 2.05) is 0 Å². The Hall–Kier alpha value is -1.92. The van der Waals surface area contributed by atoms with Crippen molar-refractivity contribution < 1.29 is 9.90 Å². The van der Waals surface area contributed by atoms with Gasteiger partial charge in [0, 0.05) is 30.9 Å². The van der Waals surface area contributed by atoms with Crippen molar-refractivity contribution in [2.24, 2.45) is 0 Å². The summed E-state index contributed by atoms with van der Waals surface area (Å²) < 4.78 is 0.880. The third kappa shape index (κ3) is 2.59. The average molecular weight is 277 g/mol. The van der Waals surface area contributed by atoms with Crippen molar-refractivity contribution in [1.82, 2.24) is 9.88 Å². The van der Waals surface area contributed by atoms with Crippen LogP contribution in [-0.4, -0.2) is 40.6 Å². The summed E-state index contributed by atoms with van der Waals surface area (Å²) in [6.07, 6.45) is 4.96. The van der Waals surface area contributed by atoms with Gasteiger partial charge in [-0.05, 0) is 6.07 Å². The van der Waals surface area contributed by atoms with E-state index in [2.05, 4.69) is 11.6 Å². The lowest BCUT2D eigenvalue weighted by Gasteiger charge is -2.19. The van der Waals surface area contributed by atoms with Gasteiger partial charge < -0.3 is 15.7 Å². The summed E-state index contributed by atoms with van der Waals surface area (Å²) in [5.41, 5.74) is 6.49. The zero-order chi connectivity index (χ0) is 13.8. The second-order valence-electron chi connectivity index (χ2n) is 3.98. The molecule has 0 saturated carbocycles. The van der Waals surface area contributed by atoms with Crippen LogP contribution in [0.3, 0.4) is 0 Å². The number of amides is 1. The zero-order valence-corrected chi connectivity index (χ0v) is 11.2. The molecule has 0 radical (unpaired) electrons. The van der Waals surface area contributed by atoms with Gasteiger partial charge in [0.25, 0.3) is 5.91 Å². The van der Waals surface area contributed by atoms with Gasteiger partial charge in [-0.15, -0.1) is 17.9 Å². The number of aliphatic hydroxyl groups is 1. The molecule has 0 spiro atoms. The first-order valence-electron chi connectivity index (χ1n) is 5.82. The van der Waals surface area contributed by atoms with Crippen LogP contribution < -0.4 is 5.73 Å². The minimum Gasteiger partial charge on any atom is -0.397 e. The van der Waals surface area contributed by atoms with E-state index in [0.717, 1.165) is 10.1 Å². The van der Waals surface area contributed by atoms with Crippen LogP contribution in [0.1, 0.15) is 9.67 Å². The van der Waals surface area contributed by atoms with E-state index >= 15 is 0 Å². The molecule has 0 atom stereocenters. The maximum absolute atomic E-state index is 12.4. The van der Waals surface area contributed by atoms with Gasteiger partial charge in [0.15, 0.2) is 0 Å². The first-order chi connectivity index (χ1) is 9.19. The molecule has 0 aliphatic heterocycles. The van der Waals surface area contributed by atoms with Crippen LogP contribution >= 0.6 is 11.3 Å². The first-order valence-corrected chi connectivity index (χ1v) is 6.63. The van der Waals surface area contributed by atoms with E-state index in [1.165, 1.54) is 16.2 Å². The van der Waals surface area contributed by atoms with Crippen molar-refractivity contribution in [2.45, 2.75) is 0 Å². The van der Waals surface area contributed by atoms with Gasteiger partial charge in [0.05, 0.1) is 17.0 Å². The molecule has 0 bridgehead atoms. The highest BCUT2D eigenvalue weighted by Gasteiger charge is 2.21. The van der Waals surface area contributed by atoms with Crippen molar-refractivity contribution in [1.29, 1.82) is 0 Å². The van der Waals surface area contributed by atoms with Crippen molar-refractivity contribution in [3.05, 3.63) is 36.0 Å². The summed E-state index contributed by atoms with van der Waals surface area (Å²) in [6, 6.07) is 1.79. The number of nitrogens with zero attached hydrogens (tertiary/aromatic N) is 2. The Morgan fingerprint density at radius 2 is 2.42 bits per heavy atom. The lowest BCUT2D eigenvalue weighted by atomic mass is 10.2. The topological polar surface area (TPSA) is 79.5 Å². The standard InChI is InChI=1S/C13H15N3O2S/c1-2-5-16(6-7-17)13(18)12-11(14)9-3-4-15-8-10(9)19-12/h2-4,8,17H,1,5-7,14H2. The Morgan fingerprint density at radius 3 is 3.05 bits per heavy atom. The Kier molecular flexibility index (Phi) is 4.13. The maximum atomic E-state index is 12.4. The monoisotopic (exact) mass is 277 g/mol. The van der Waals surface area contributed by atoms with E-state index in [-0.39, 0.29) is 19.1 Å². The summed E-state index contributed by atoms with van der Waals surface area (Å²) in [6.45, 7) is 4.16. The number of nitrogens with two attached hydrogens (primary N) is 1. The minimum atomic E-state index is -0.187. The minimum absolute atomic E-state index is 0.0913. The van der Waals surface area contributed by atoms with Crippen LogP contribution in [0.2, 0.25) is 0 Å². The van der Waals surface area contributed by atoms with Crippen LogP contribution in [0, 0.1) is 0 Å². The largest absolute Gasteiger partial charge is 0.397 e. The van der Waals surface area contributed by atoms with Crippen LogP contribution in [0.5, 0.6) is 0 Å². The molecule has 19 heavy (non-hydrogen) atoms. The summed E-state index contributed by atoms with van der Waals surface area (Å²) in [4.78, 5) is 18.4. The van der Waals surface area contributed by atoms with Gasteiger partial charge in [-0.3, -0.25) is 9.78 Å². The number of thiophene rings is 1. The number of hydrogen-bond donors (Lipinski definition) is 2. The Morgan fingerprint density at radius 1 is 1.63 bits per heavy atom. The molecule has 1 amide bonds. The first kappa shape index (κ1) is 13.5. The number of hydrogen-bond acceptors (Lipinski definition) is 5. The van der Waals surface area contributed by atoms with E-state index in [1.54, 1.807) is 24.5 Å². The van der Waals surface area contributed by atoms with Gasteiger partial charge in [-0.1, -0.05) is 6.08 Å². The van der Waals surface area contributed by atoms with E-state index in [0.29, 0.717) is 17.1 Å². The molecule has 0 aliphatic rings. The van der Waals surface area contributed by atoms with Gasteiger partial charge in [0.2, 0.25) is 0 Å². The third-order valence-electron chi connectivity index (χ3n) is 2.73. The van der Waals surface area contributed by atoms with Gasteiger partial charge in [-0.2, -0.15) is 0 Å². The Bertz CT molecular complexity index is 609. The second-order valence-corrected chi connectivity index (χ2v) is 5.03. The highest BCUT2D eigenvalue weighted by molar-refractivity contribution is 7.21. The van der Waals surface area contributed by atoms with Crippen LogP contribution in [0.25, 0.3) is 10.1 Å². The molecule has 5 nitrogen and oxygen atoms in total. The van der Waals surface area contributed by atoms with Crippen LogP contribution in [0.15, 0.2) is 31.1 Å². The number of aromatic nitrogens is 1. The Labute approximate surface area is 115 Å². The number of carbonyl (C=O) groups excluding carboxylic acids is 1. The predicted octanol–water partition coefficient (Wildman–Crippen LogP) is 1.50. The van der Waals surface area contributed by atoms with Crippen molar-refractivity contribution >= 4 is 33.0 Å². The lowest BCUT2D eigenvalue weighted by molar-refractivity contribution is 0.0748. The Balaban J connectivity index is 2.39. The van der Waals surface area contributed by atoms with Gasteiger partial charge in [-0.25, -0.2) is 0 Å². The number of nitrogen functional groups attached to an aromatic ring is 1. The molecule has 0 aliphatic carbocycles. The SMILES string of the molecule is C=CCN(CCO)C(=O)c1sc2cnccc2c1N. The number of rotatable bonds is 5. The lowest BCUT2D eigenvalue weighted by Crippen LogP contribution is -2.33. The highest BCUT2D eigenvalue weighted by Crippen LogP contribution is 2.33. The van der Waals surface area contributed by atoms with E-state index < -0.39 is 0 Å². The molecule has 2 heterocycles. The fourth-order valence-electron chi connectivity index (χ4n) is 1.83. The summed E-state index contributed by atoms with van der Waals surface area (Å²) in [5.74, 6) is -0.187. The molecule has 3 N–H and O–H groups in total. The van der Waals surface area contributed by atoms with Gasteiger partial charge >= 0.3 is 0 Å².